The van der Waals surface area contributed by atoms with E-state index in [9.17, 15) is 4.39 Å². The minimum Gasteiger partial charge on any atom is -0.497 e. The number of halogens is 1. The number of benzene rings is 2. The number of hydrogen-bond acceptors (Lipinski definition) is 5. The Bertz CT molecular complexity index is 949. The molecular formula is C23H24FN3O2. The zero-order valence-electron chi connectivity index (χ0n) is 16.4. The van der Waals surface area contributed by atoms with Crippen molar-refractivity contribution in [2.75, 3.05) is 33.4 Å². The van der Waals surface area contributed by atoms with Crippen molar-refractivity contribution in [3.05, 3.63) is 78.0 Å². The molecule has 150 valence electrons. The first-order valence-electron chi connectivity index (χ1n) is 9.76. The third-order valence-electron chi connectivity index (χ3n) is 5.16. The van der Waals surface area contributed by atoms with Crippen LogP contribution in [0.4, 0.5) is 4.39 Å². The van der Waals surface area contributed by atoms with Gasteiger partial charge in [0.15, 0.2) is 0 Å². The first-order valence-corrected chi connectivity index (χ1v) is 9.76. The molecule has 0 unspecified atom stereocenters. The Morgan fingerprint density at radius 1 is 1.14 bits per heavy atom. The fraction of sp³-hybridized carbons (Fsp3) is 0.304. The Balaban J connectivity index is 1.46. The van der Waals surface area contributed by atoms with Crippen molar-refractivity contribution in [1.29, 1.82) is 0 Å². The summed E-state index contributed by atoms with van der Waals surface area (Å²) in [6.07, 6.45) is 4.06. The smallest absolute Gasteiger partial charge is 0.123 e. The van der Waals surface area contributed by atoms with Crippen LogP contribution in [0, 0.1) is 5.82 Å². The second-order valence-electron chi connectivity index (χ2n) is 7.06. The van der Waals surface area contributed by atoms with Crippen molar-refractivity contribution < 1.29 is 13.9 Å². The molecule has 5 nitrogen and oxygen atoms in total. The lowest BCUT2D eigenvalue weighted by molar-refractivity contribution is -0.0315. The van der Waals surface area contributed by atoms with Crippen LogP contribution in [-0.4, -0.2) is 48.2 Å². The highest BCUT2D eigenvalue weighted by molar-refractivity contribution is 5.61. The van der Waals surface area contributed by atoms with E-state index in [1.165, 1.54) is 17.7 Å². The van der Waals surface area contributed by atoms with Gasteiger partial charge in [0.25, 0.3) is 0 Å². The molecular weight excluding hydrogens is 369 g/mol. The maximum atomic E-state index is 13.7. The first-order chi connectivity index (χ1) is 14.2. The Morgan fingerprint density at radius 3 is 2.76 bits per heavy atom. The summed E-state index contributed by atoms with van der Waals surface area (Å²) in [4.78, 5) is 11.4. The molecule has 6 heteroatoms. The molecule has 1 fully saturated rings. The minimum absolute atomic E-state index is 0.188. The predicted octanol–water partition coefficient (Wildman–Crippen LogP) is 3.91. The Kier molecular flexibility index (Phi) is 6.12. The average molecular weight is 393 g/mol. The summed E-state index contributed by atoms with van der Waals surface area (Å²) < 4.78 is 24.9. The van der Waals surface area contributed by atoms with Crippen LogP contribution < -0.4 is 4.74 Å². The summed E-state index contributed by atoms with van der Waals surface area (Å²) in [6, 6.07) is 14.6. The van der Waals surface area contributed by atoms with E-state index in [2.05, 4.69) is 27.0 Å². The molecule has 0 spiro atoms. The lowest BCUT2D eigenvalue weighted by Crippen LogP contribution is -2.39. The molecule has 3 aromatic rings. The summed E-state index contributed by atoms with van der Waals surface area (Å²) in [5, 5.41) is 0. The van der Waals surface area contributed by atoms with Gasteiger partial charge in [0.1, 0.15) is 17.7 Å². The fourth-order valence-corrected chi connectivity index (χ4v) is 3.59. The van der Waals surface area contributed by atoms with Gasteiger partial charge in [-0.3, -0.25) is 14.9 Å². The second-order valence-corrected chi connectivity index (χ2v) is 7.06. The van der Waals surface area contributed by atoms with Crippen LogP contribution in [0.5, 0.6) is 5.75 Å². The zero-order chi connectivity index (χ0) is 20.1. The van der Waals surface area contributed by atoms with Crippen molar-refractivity contribution in [1.82, 2.24) is 14.9 Å². The molecule has 0 bridgehead atoms. The number of morpholine rings is 1. The van der Waals surface area contributed by atoms with Gasteiger partial charge in [-0.1, -0.05) is 24.3 Å². The normalized spacial score (nSPS) is 17.2. The van der Waals surface area contributed by atoms with Crippen LogP contribution >= 0.6 is 0 Å². The average Bonchev–Trinajstić information content (AvgIpc) is 2.78. The van der Waals surface area contributed by atoms with Crippen molar-refractivity contribution in [2.45, 2.75) is 12.5 Å². The van der Waals surface area contributed by atoms with Gasteiger partial charge in [0, 0.05) is 37.6 Å². The van der Waals surface area contributed by atoms with Gasteiger partial charge < -0.3 is 9.47 Å². The van der Waals surface area contributed by atoms with Crippen LogP contribution in [0.1, 0.15) is 17.4 Å². The van der Waals surface area contributed by atoms with E-state index in [0.29, 0.717) is 17.9 Å². The summed E-state index contributed by atoms with van der Waals surface area (Å²) in [5.41, 5.74) is 3.42. The molecule has 0 saturated carbocycles. The molecule has 2 aromatic carbocycles. The van der Waals surface area contributed by atoms with Gasteiger partial charge in [-0.05, 0) is 36.2 Å². The zero-order valence-corrected chi connectivity index (χ0v) is 16.4. The lowest BCUT2D eigenvalue weighted by atomic mass is 10.0. The van der Waals surface area contributed by atoms with Gasteiger partial charge in [-0.2, -0.15) is 0 Å². The van der Waals surface area contributed by atoms with E-state index < -0.39 is 0 Å². The highest BCUT2D eigenvalue weighted by Gasteiger charge is 2.26. The fourth-order valence-electron chi connectivity index (χ4n) is 3.59. The molecule has 0 amide bonds. The Hall–Kier alpha value is -2.83. The number of aromatic nitrogens is 2. The third kappa shape index (κ3) is 4.78. The largest absolute Gasteiger partial charge is 0.497 e. The highest BCUT2D eigenvalue weighted by atomic mass is 19.1. The second kappa shape index (κ2) is 9.11. The van der Waals surface area contributed by atoms with Crippen molar-refractivity contribution >= 4 is 0 Å². The van der Waals surface area contributed by atoms with Crippen LogP contribution in [-0.2, 0) is 11.2 Å². The summed E-state index contributed by atoms with van der Waals surface area (Å²) in [6.45, 7) is 3.17. The summed E-state index contributed by atoms with van der Waals surface area (Å²) in [7, 11) is 1.67. The maximum Gasteiger partial charge on any atom is 0.123 e. The van der Waals surface area contributed by atoms with E-state index in [1.807, 2.05) is 18.2 Å². The monoisotopic (exact) mass is 393 g/mol. The molecule has 0 N–H and O–H groups in total. The number of ether oxygens (including phenoxy) is 2. The maximum absolute atomic E-state index is 13.7. The quantitative estimate of drug-likeness (QED) is 0.636. The standard InChI is InChI=1S/C23H24FN3O2/c1-28-20-7-5-17(6-8-20)9-12-27-13-14-29-21(16-27)23-22(25-10-11-26-23)18-3-2-4-19(24)15-18/h2-8,10-11,15,21H,9,12-14,16H2,1H3/t21-/m1/s1. The molecule has 0 aliphatic carbocycles. The molecule has 1 atom stereocenters. The van der Waals surface area contributed by atoms with E-state index in [1.54, 1.807) is 25.6 Å². The van der Waals surface area contributed by atoms with Crippen molar-refractivity contribution in [3.8, 4) is 17.0 Å². The topological polar surface area (TPSA) is 47.5 Å². The number of rotatable bonds is 6. The number of hydrogen-bond donors (Lipinski definition) is 0. The predicted molar refractivity (Wildman–Crippen MR) is 109 cm³/mol. The van der Waals surface area contributed by atoms with Crippen LogP contribution in [0.2, 0.25) is 0 Å². The third-order valence-corrected chi connectivity index (χ3v) is 5.16. The molecule has 0 radical (unpaired) electrons. The van der Waals surface area contributed by atoms with Gasteiger partial charge in [0.2, 0.25) is 0 Å². The summed E-state index contributed by atoms with van der Waals surface area (Å²) in [5.74, 6) is 0.581. The summed E-state index contributed by atoms with van der Waals surface area (Å²) >= 11 is 0. The Labute approximate surface area is 170 Å². The molecule has 1 saturated heterocycles. The van der Waals surface area contributed by atoms with E-state index in [-0.39, 0.29) is 11.9 Å². The number of methoxy groups -OCH3 is 1. The molecule has 4 rings (SSSR count). The van der Waals surface area contributed by atoms with Crippen LogP contribution in [0.15, 0.2) is 60.9 Å². The van der Waals surface area contributed by atoms with E-state index >= 15 is 0 Å². The minimum atomic E-state index is -0.287. The highest BCUT2D eigenvalue weighted by Crippen LogP contribution is 2.29. The van der Waals surface area contributed by atoms with E-state index in [0.717, 1.165) is 37.5 Å². The van der Waals surface area contributed by atoms with Crippen molar-refractivity contribution in [3.63, 3.8) is 0 Å². The molecule has 2 heterocycles. The number of nitrogens with zero attached hydrogens (tertiary/aromatic N) is 3. The molecule has 1 aliphatic rings. The van der Waals surface area contributed by atoms with Gasteiger partial charge in [-0.15, -0.1) is 0 Å². The molecule has 1 aliphatic heterocycles. The Morgan fingerprint density at radius 2 is 1.97 bits per heavy atom. The SMILES string of the molecule is COc1ccc(CCN2CCO[C@@H](c3nccnc3-c3cccc(F)c3)C2)cc1. The van der Waals surface area contributed by atoms with Gasteiger partial charge in [0.05, 0.1) is 25.1 Å². The van der Waals surface area contributed by atoms with Crippen molar-refractivity contribution in [2.24, 2.45) is 0 Å². The first kappa shape index (κ1) is 19.5. The molecule has 29 heavy (non-hydrogen) atoms. The molecule has 1 aromatic heterocycles. The van der Waals surface area contributed by atoms with Crippen LogP contribution in [0.25, 0.3) is 11.3 Å². The van der Waals surface area contributed by atoms with Gasteiger partial charge in [-0.25, -0.2) is 4.39 Å². The van der Waals surface area contributed by atoms with Crippen LogP contribution in [0.3, 0.4) is 0 Å². The van der Waals surface area contributed by atoms with E-state index in [4.69, 9.17) is 9.47 Å². The van der Waals surface area contributed by atoms with Gasteiger partial charge >= 0.3 is 0 Å². The lowest BCUT2D eigenvalue weighted by Gasteiger charge is -2.33.